The van der Waals surface area contributed by atoms with Gasteiger partial charge >= 0.3 is 0 Å². The molecule has 0 heterocycles. The van der Waals surface area contributed by atoms with Crippen molar-refractivity contribution in [3.05, 3.63) is 29.8 Å². The Morgan fingerprint density at radius 2 is 1.65 bits per heavy atom. The summed E-state index contributed by atoms with van der Waals surface area (Å²) in [6.07, 6.45) is 0.925. The van der Waals surface area contributed by atoms with E-state index in [2.05, 4.69) is 9.98 Å². The minimum atomic E-state index is -4.49. The lowest BCUT2D eigenvalue weighted by Crippen LogP contribution is -2.05. The molecular formula is C9H6N2O5S. The van der Waals surface area contributed by atoms with Crippen molar-refractivity contribution in [3.8, 4) is 0 Å². The van der Waals surface area contributed by atoms with Gasteiger partial charge in [-0.05, 0) is 6.07 Å². The number of hydrogen-bond acceptors (Lipinski definition) is 6. The quantitative estimate of drug-likeness (QED) is 0.480. The van der Waals surface area contributed by atoms with Gasteiger partial charge in [-0.15, -0.1) is 0 Å². The van der Waals surface area contributed by atoms with E-state index in [0.717, 1.165) is 18.2 Å². The molecule has 0 fully saturated rings. The highest BCUT2D eigenvalue weighted by Crippen LogP contribution is 2.25. The third kappa shape index (κ3) is 3.17. The number of isocyanates is 2. The Kier molecular flexibility index (Phi) is 4.03. The van der Waals surface area contributed by atoms with E-state index in [1.165, 1.54) is 18.2 Å². The van der Waals surface area contributed by atoms with Gasteiger partial charge in [0, 0.05) is 5.56 Å². The summed E-state index contributed by atoms with van der Waals surface area (Å²) in [6, 6.07) is 5.16. The van der Waals surface area contributed by atoms with Crippen LogP contribution in [0.5, 0.6) is 0 Å². The maximum absolute atomic E-state index is 11.0. The van der Waals surface area contributed by atoms with Crippen molar-refractivity contribution < 1.29 is 22.6 Å². The van der Waals surface area contributed by atoms with Crippen LogP contribution >= 0.6 is 0 Å². The molecule has 0 aliphatic carbocycles. The molecule has 17 heavy (non-hydrogen) atoms. The first-order valence-electron chi connectivity index (χ1n) is 4.21. The Morgan fingerprint density at radius 3 is 2.12 bits per heavy atom. The highest BCUT2D eigenvalue weighted by molar-refractivity contribution is 7.85. The second kappa shape index (κ2) is 5.29. The normalized spacial score (nSPS) is 12.1. The van der Waals surface area contributed by atoms with E-state index in [1.54, 1.807) is 0 Å². The highest BCUT2D eigenvalue weighted by Gasteiger charge is 2.20. The number of rotatable bonds is 4. The molecule has 0 bridgehead atoms. The van der Waals surface area contributed by atoms with Crippen LogP contribution in [0.15, 0.2) is 39.1 Å². The maximum atomic E-state index is 11.0. The minimum Gasteiger partial charge on any atom is -0.282 e. The van der Waals surface area contributed by atoms with Crippen molar-refractivity contribution in [2.75, 3.05) is 0 Å². The van der Waals surface area contributed by atoms with Crippen LogP contribution in [0, 0.1) is 0 Å². The Balaban J connectivity index is 3.49. The molecule has 0 aliphatic heterocycles. The van der Waals surface area contributed by atoms with Crippen molar-refractivity contribution >= 4 is 22.3 Å². The van der Waals surface area contributed by atoms with Gasteiger partial charge in [0.05, 0.1) is 0 Å². The summed E-state index contributed by atoms with van der Waals surface area (Å²) in [4.78, 5) is 26.1. The van der Waals surface area contributed by atoms with Gasteiger partial charge in [0.15, 0.2) is 6.17 Å². The molecule has 0 saturated carbocycles. The minimum absolute atomic E-state index is 0.110. The number of nitrogens with zero attached hydrogens (tertiary/aromatic N) is 2. The highest BCUT2D eigenvalue weighted by atomic mass is 32.2. The molecule has 0 spiro atoms. The van der Waals surface area contributed by atoms with E-state index < -0.39 is 21.2 Å². The van der Waals surface area contributed by atoms with Crippen LogP contribution in [0.4, 0.5) is 0 Å². The molecule has 0 amide bonds. The zero-order valence-corrected chi connectivity index (χ0v) is 9.09. The molecule has 1 aromatic rings. The molecule has 0 unspecified atom stereocenters. The Labute approximate surface area is 96.3 Å². The smallest absolute Gasteiger partial charge is 0.282 e. The topological polar surface area (TPSA) is 113 Å². The van der Waals surface area contributed by atoms with E-state index in [1.807, 2.05) is 0 Å². The Hall–Kier alpha value is -2.11. The van der Waals surface area contributed by atoms with Gasteiger partial charge in [-0.2, -0.15) is 18.4 Å². The number of carbonyl (C=O) groups excluding carboxylic acids is 2. The number of aliphatic imine (C=N–C) groups is 2. The van der Waals surface area contributed by atoms with Crippen molar-refractivity contribution in [2.24, 2.45) is 9.98 Å². The molecule has 8 heteroatoms. The lowest BCUT2D eigenvalue weighted by molar-refractivity contribution is 0.480. The van der Waals surface area contributed by atoms with Gasteiger partial charge in [-0.1, -0.05) is 18.2 Å². The third-order valence-corrected chi connectivity index (χ3v) is 2.75. The van der Waals surface area contributed by atoms with Gasteiger partial charge in [0.25, 0.3) is 10.1 Å². The zero-order valence-electron chi connectivity index (χ0n) is 8.27. The number of hydrogen-bond donors (Lipinski definition) is 1. The second-order valence-corrected chi connectivity index (χ2v) is 4.22. The lowest BCUT2D eigenvalue weighted by Gasteiger charge is -2.08. The standard InChI is InChI=1S/C9H6N2O5S/c12-5-10-9(11-6-13)7-3-1-2-4-8(7)17(14,15)16/h1-4,9H,(H,14,15,16). The number of benzene rings is 1. The fraction of sp³-hybridized carbons (Fsp3) is 0.111. The molecule has 0 saturated heterocycles. The van der Waals surface area contributed by atoms with E-state index in [0.29, 0.717) is 0 Å². The van der Waals surface area contributed by atoms with Crippen LogP contribution in [0.25, 0.3) is 0 Å². The first kappa shape index (κ1) is 13.0. The van der Waals surface area contributed by atoms with Gasteiger partial charge in [-0.25, -0.2) is 9.59 Å². The van der Waals surface area contributed by atoms with Crippen LogP contribution in [-0.2, 0) is 19.7 Å². The fourth-order valence-corrected chi connectivity index (χ4v) is 1.92. The van der Waals surface area contributed by atoms with Crippen molar-refractivity contribution in [3.63, 3.8) is 0 Å². The first-order valence-corrected chi connectivity index (χ1v) is 5.65. The van der Waals surface area contributed by atoms with Crippen LogP contribution in [0.1, 0.15) is 11.7 Å². The van der Waals surface area contributed by atoms with Crippen LogP contribution < -0.4 is 0 Å². The first-order chi connectivity index (χ1) is 8.00. The molecule has 0 radical (unpaired) electrons. The van der Waals surface area contributed by atoms with Crippen LogP contribution in [0.3, 0.4) is 0 Å². The molecule has 7 nitrogen and oxygen atoms in total. The van der Waals surface area contributed by atoms with E-state index >= 15 is 0 Å². The predicted molar refractivity (Wildman–Crippen MR) is 55.2 cm³/mol. The average Bonchev–Trinajstić information content (AvgIpc) is 2.28. The molecular weight excluding hydrogens is 248 g/mol. The van der Waals surface area contributed by atoms with Crippen LogP contribution in [-0.4, -0.2) is 25.1 Å². The van der Waals surface area contributed by atoms with Crippen molar-refractivity contribution in [2.45, 2.75) is 11.1 Å². The largest absolute Gasteiger partial charge is 0.294 e. The molecule has 1 rings (SSSR count). The summed E-state index contributed by atoms with van der Waals surface area (Å²) < 4.78 is 31.0. The average molecular weight is 254 g/mol. The third-order valence-electron chi connectivity index (χ3n) is 1.83. The monoisotopic (exact) mass is 254 g/mol. The van der Waals surface area contributed by atoms with Crippen LogP contribution in [0.2, 0.25) is 0 Å². The SMILES string of the molecule is O=C=NC(N=C=O)c1ccccc1S(=O)(=O)O. The molecule has 0 atom stereocenters. The summed E-state index contributed by atoms with van der Waals surface area (Å²) in [5.74, 6) is 0. The van der Waals surface area contributed by atoms with E-state index in [-0.39, 0.29) is 5.56 Å². The zero-order chi connectivity index (χ0) is 12.9. The predicted octanol–water partition coefficient (Wildman–Crippen LogP) is 0.604. The maximum Gasteiger partial charge on any atom is 0.294 e. The summed E-state index contributed by atoms with van der Waals surface area (Å²) >= 11 is 0. The van der Waals surface area contributed by atoms with Gasteiger partial charge in [0.1, 0.15) is 4.90 Å². The molecule has 0 aromatic heterocycles. The van der Waals surface area contributed by atoms with Crippen molar-refractivity contribution in [1.82, 2.24) is 0 Å². The molecule has 0 aliphatic rings. The van der Waals surface area contributed by atoms with E-state index in [9.17, 15) is 18.0 Å². The summed E-state index contributed by atoms with van der Waals surface area (Å²) in [7, 11) is -4.49. The Bertz CT molecular complexity index is 594. The van der Waals surface area contributed by atoms with E-state index in [4.69, 9.17) is 4.55 Å². The molecule has 1 N–H and O–H groups in total. The summed E-state index contributed by atoms with van der Waals surface area (Å²) in [5, 5.41) is 0. The lowest BCUT2D eigenvalue weighted by atomic mass is 10.2. The Morgan fingerprint density at radius 1 is 1.12 bits per heavy atom. The second-order valence-electron chi connectivity index (χ2n) is 2.83. The van der Waals surface area contributed by atoms with Crippen molar-refractivity contribution in [1.29, 1.82) is 0 Å². The fourth-order valence-electron chi connectivity index (χ4n) is 1.20. The molecule has 1 aromatic carbocycles. The van der Waals surface area contributed by atoms with Gasteiger partial charge in [-0.3, -0.25) is 4.55 Å². The van der Waals surface area contributed by atoms with Gasteiger partial charge in [0.2, 0.25) is 12.2 Å². The summed E-state index contributed by atoms with van der Waals surface area (Å²) in [5.41, 5.74) is -0.110. The van der Waals surface area contributed by atoms with Gasteiger partial charge < -0.3 is 0 Å². The summed E-state index contributed by atoms with van der Waals surface area (Å²) in [6.45, 7) is 0. The molecule has 88 valence electrons.